The molecule has 25 heavy (non-hydrogen) atoms. The van der Waals surface area contributed by atoms with Crippen LogP contribution < -0.4 is 4.74 Å². The third kappa shape index (κ3) is 4.03. The first kappa shape index (κ1) is 17.9. The van der Waals surface area contributed by atoms with Crippen molar-refractivity contribution in [3.05, 3.63) is 51.6 Å². The van der Waals surface area contributed by atoms with Gasteiger partial charge in [0.25, 0.3) is 0 Å². The van der Waals surface area contributed by atoms with Gasteiger partial charge in [0.2, 0.25) is 5.88 Å². The minimum Gasteiger partial charge on any atom is -0.473 e. The maximum Gasteiger partial charge on any atom is 0.228 e. The molecule has 3 rings (SSSR count). The number of benzene rings is 1. The van der Waals surface area contributed by atoms with Gasteiger partial charge >= 0.3 is 0 Å². The van der Waals surface area contributed by atoms with E-state index in [1.807, 2.05) is 27.0 Å². The molecule has 5 heteroatoms. The van der Waals surface area contributed by atoms with Crippen LogP contribution in [0, 0.1) is 6.92 Å². The second-order valence-corrected chi connectivity index (χ2v) is 7.32. The molecule has 1 aliphatic rings. The standard InChI is InChI=1S/C20H24BrN3O/c1-5-24(4)14(3)23-19-12-18(21)20(22-13(19)2)25-17-10-15-8-6-7-9-16(15)11-17/h6-9,12,17H,5,10-11H2,1-4H3. The number of rotatable bonds is 4. The van der Waals surface area contributed by atoms with Crippen molar-refractivity contribution in [3.63, 3.8) is 0 Å². The number of aromatic nitrogens is 1. The molecule has 1 heterocycles. The van der Waals surface area contributed by atoms with E-state index >= 15 is 0 Å². The van der Waals surface area contributed by atoms with Crippen molar-refractivity contribution in [3.8, 4) is 5.88 Å². The lowest BCUT2D eigenvalue weighted by atomic mass is 10.1. The molecular weight excluding hydrogens is 378 g/mol. The first-order valence-corrected chi connectivity index (χ1v) is 9.44. The summed E-state index contributed by atoms with van der Waals surface area (Å²) in [6, 6.07) is 10.5. The molecule has 4 nitrogen and oxygen atoms in total. The van der Waals surface area contributed by atoms with E-state index in [1.165, 1.54) is 11.1 Å². The maximum atomic E-state index is 6.18. The molecule has 0 amide bonds. The third-order valence-electron chi connectivity index (χ3n) is 4.71. The predicted molar refractivity (Wildman–Crippen MR) is 106 cm³/mol. The molecule has 0 spiro atoms. The Kier molecular flexibility index (Phi) is 5.42. The lowest BCUT2D eigenvalue weighted by molar-refractivity contribution is 0.203. The van der Waals surface area contributed by atoms with Crippen LogP contribution in [0.5, 0.6) is 5.88 Å². The average Bonchev–Trinajstić information content (AvgIpc) is 3.00. The highest BCUT2D eigenvalue weighted by molar-refractivity contribution is 9.10. The number of pyridine rings is 1. The molecule has 1 aromatic heterocycles. The number of aliphatic imine (C=N–C) groups is 1. The van der Waals surface area contributed by atoms with Gasteiger partial charge in [-0.3, -0.25) is 0 Å². The Morgan fingerprint density at radius 2 is 1.96 bits per heavy atom. The van der Waals surface area contributed by atoms with E-state index in [9.17, 15) is 0 Å². The second-order valence-electron chi connectivity index (χ2n) is 6.47. The van der Waals surface area contributed by atoms with Crippen molar-refractivity contribution in [2.45, 2.75) is 39.7 Å². The van der Waals surface area contributed by atoms with Crippen LogP contribution in [0.2, 0.25) is 0 Å². The van der Waals surface area contributed by atoms with Crippen molar-refractivity contribution in [1.29, 1.82) is 0 Å². The minimum atomic E-state index is 0.142. The molecular formula is C20H24BrN3O. The van der Waals surface area contributed by atoms with Gasteiger partial charge in [0, 0.05) is 26.4 Å². The summed E-state index contributed by atoms with van der Waals surface area (Å²) in [7, 11) is 2.03. The minimum absolute atomic E-state index is 0.142. The van der Waals surface area contributed by atoms with Gasteiger partial charge in [0.1, 0.15) is 11.9 Å². The fourth-order valence-corrected chi connectivity index (χ4v) is 3.39. The molecule has 0 atom stereocenters. The van der Waals surface area contributed by atoms with Crippen LogP contribution in [0.1, 0.15) is 30.7 Å². The van der Waals surface area contributed by atoms with Gasteiger partial charge in [0.05, 0.1) is 15.9 Å². The van der Waals surface area contributed by atoms with E-state index in [-0.39, 0.29) is 6.10 Å². The summed E-state index contributed by atoms with van der Waals surface area (Å²) in [5.41, 5.74) is 4.49. The largest absolute Gasteiger partial charge is 0.473 e. The van der Waals surface area contributed by atoms with Crippen molar-refractivity contribution < 1.29 is 4.74 Å². The SMILES string of the molecule is CCN(C)C(C)=Nc1cc(Br)c(OC2Cc3ccccc3C2)nc1C. The van der Waals surface area contributed by atoms with Gasteiger partial charge in [-0.15, -0.1) is 0 Å². The summed E-state index contributed by atoms with van der Waals surface area (Å²) in [6.45, 7) is 7.01. The molecule has 0 radical (unpaired) electrons. The normalized spacial score (nSPS) is 14.5. The summed E-state index contributed by atoms with van der Waals surface area (Å²) in [4.78, 5) is 11.4. The number of hydrogen-bond donors (Lipinski definition) is 0. The van der Waals surface area contributed by atoms with Crippen molar-refractivity contribution in [2.75, 3.05) is 13.6 Å². The number of aryl methyl sites for hydroxylation is 1. The molecule has 0 fully saturated rings. The molecule has 0 unspecified atom stereocenters. The number of nitrogens with zero attached hydrogens (tertiary/aromatic N) is 3. The molecule has 0 aliphatic heterocycles. The van der Waals surface area contributed by atoms with Crippen LogP contribution in [0.15, 0.2) is 39.8 Å². The van der Waals surface area contributed by atoms with Crippen LogP contribution in [-0.2, 0) is 12.8 Å². The molecule has 2 aromatic rings. The maximum absolute atomic E-state index is 6.18. The number of hydrogen-bond acceptors (Lipinski definition) is 3. The van der Waals surface area contributed by atoms with E-state index < -0.39 is 0 Å². The van der Waals surface area contributed by atoms with E-state index in [2.05, 4.69) is 57.0 Å². The van der Waals surface area contributed by atoms with E-state index in [0.29, 0.717) is 5.88 Å². The molecule has 132 valence electrons. The lowest BCUT2D eigenvalue weighted by Crippen LogP contribution is -2.23. The lowest BCUT2D eigenvalue weighted by Gasteiger charge is -2.17. The molecule has 0 N–H and O–H groups in total. The van der Waals surface area contributed by atoms with Gasteiger partial charge < -0.3 is 9.64 Å². The van der Waals surface area contributed by atoms with E-state index in [0.717, 1.165) is 41.1 Å². The number of halogens is 1. The summed E-state index contributed by atoms with van der Waals surface area (Å²) in [6.07, 6.45) is 2.01. The predicted octanol–water partition coefficient (Wildman–Crippen LogP) is 4.70. The van der Waals surface area contributed by atoms with Crippen molar-refractivity contribution in [1.82, 2.24) is 9.88 Å². The first-order chi connectivity index (χ1) is 12.0. The van der Waals surface area contributed by atoms with Gasteiger partial charge in [-0.1, -0.05) is 24.3 Å². The Morgan fingerprint density at radius 3 is 2.56 bits per heavy atom. The molecule has 1 aromatic carbocycles. The fraction of sp³-hybridized carbons (Fsp3) is 0.400. The van der Waals surface area contributed by atoms with Crippen LogP contribution >= 0.6 is 15.9 Å². The smallest absolute Gasteiger partial charge is 0.228 e. The Labute approximate surface area is 158 Å². The van der Waals surface area contributed by atoms with Crippen LogP contribution in [0.3, 0.4) is 0 Å². The Morgan fingerprint density at radius 1 is 1.32 bits per heavy atom. The van der Waals surface area contributed by atoms with E-state index in [4.69, 9.17) is 9.73 Å². The molecule has 0 bridgehead atoms. The Balaban J connectivity index is 1.77. The van der Waals surface area contributed by atoms with E-state index in [1.54, 1.807) is 0 Å². The highest BCUT2D eigenvalue weighted by atomic mass is 79.9. The van der Waals surface area contributed by atoms with Crippen LogP contribution in [0.4, 0.5) is 5.69 Å². The number of fused-ring (bicyclic) bond motifs is 1. The van der Waals surface area contributed by atoms with Gasteiger partial charge in [0.15, 0.2) is 0 Å². The third-order valence-corrected chi connectivity index (χ3v) is 5.28. The first-order valence-electron chi connectivity index (χ1n) is 8.65. The van der Waals surface area contributed by atoms with Crippen molar-refractivity contribution in [2.24, 2.45) is 4.99 Å². The highest BCUT2D eigenvalue weighted by Crippen LogP contribution is 2.33. The number of ether oxygens (including phenoxy) is 1. The quantitative estimate of drug-likeness (QED) is 0.550. The zero-order chi connectivity index (χ0) is 18.0. The van der Waals surface area contributed by atoms with Gasteiger partial charge in [-0.25, -0.2) is 9.98 Å². The summed E-state index contributed by atoms with van der Waals surface area (Å²) in [5.74, 6) is 1.62. The fourth-order valence-electron chi connectivity index (χ4n) is 2.99. The molecule has 0 saturated heterocycles. The summed E-state index contributed by atoms with van der Waals surface area (Å²) in [5, 5.41) is 0. The average molecular weight is 402 g/mol. The van der Waals surface area contributed by atoms with Gasteiger partial charge in [-0.05, 0) is 53.9 Å². The second kappa shape index (κ2) is 7.56. The van der Waals surface area contributed by atoms with Crippen molar-refractivity contribution >= 4 is 27.5 Å². The summed E-state index contributed by atoms with van der Waals surface area (Å²) >= 11 is 3.60. The number of amidine groups is 1. The summed E-state index contributed by atoms with van der Waals surface area (Å²) < 4.78 is 7.03. The van der Waals surface area contributed by atoms with Gasteiger partial charge in [-0.2, -0.15) is 0 Å². The van der Waals surface area contributed by atoms with Crippen LogP contribution in [-0.4, -0.2) is 35.4 Å². The zero-order valence-corrected chi connectivity index (χ0v) is 16.8. The highest BCUT2D eigenvalue weighted by Gasteiger charge is 2.24. The zero-order valence-electron chi connectivity index (χ0n) is 15.2. The Hall–Kier alpha value is -1.88. The van der Waals surface area contributed by atoms with Crippen LogP contribution in [0.25, 0.3) is 0 Å². The molecule has 1 aliphatic carbocycles. The monoisotopic (exact) mass is 401 g/mol. The Bertz CT molecular complexity index is 779. The topological polar surface area (TPSA) is 37.7 Å². The molecule has 0 saturated carbocycles.